The number of fused-ring (bicyclic) bond motifs is 7. The van der Waals surface area contributed by atoms with E-state index >= 15 is 0 Å². The lowest BCUT2D eigenvalue weighted by Crippen LogP contribution is -2.19. The lowest BCUT2D eigenvalue weighted by molar-refractivity contribution is 0.0734. The van der Waals surface area contributed by atoms with E-state index in [1.165, 1.54) is 119 Å². The molecule has 13 aromatic heterocycles. The Morgan fingerprint density at radius 2 is 1.31 bits per heavy atom. The summed E-state index contributed by atoms with van der Waals surface area (Å²) in [6.07, 6.45) is 19.0. The number of rotatable bonds is 21. The number of ether oxygens (including phenoxy) is 3. The van der Waals surface area contributed by atoms with Gasteiger partial charge in [-0.25, -0.2) is 65.0 Å². The normalized spacial score (nSPS) is 12.3. The highest BCUT2D eigenvalue weighted by Gasteiger charge is 2.32. The van der Waals surface area contributed by atoms with Crippen LogP contribution in [0.2, 0.25) is 0 Å². The molecule has 0 spiro atoms. The van der Waals surface area contributed by atoms with Gasteiger partial charge in [0, 0.05) is 98.1 Å². The van der Waals surface area contributed by atoms with Gasteiger partial charge in [0.2, 0.25) is 11.8 Å². The number of hydrogen-bond donors (Lipinski definition) is 1. The number of benzene rings is 7. The smallest absolute Gasteiger partial charge is 0.278 e. The number of terminal acetylenes is 1. The Hall–Kier alpha value is -17.8. The van der Waals surface area contributed by atoms with Crippen LogP contribution in [-0.4, -0.2) is 165 Å². The minimum atomic E-state index is -3.42. The van der Waals surface area contributed by atoms with Crippen LogP contribution < -0.4 is 14.2 Å². The highest BCUT2D eigenvalue weighted by Crippen LogP contribution is 2.42. The van der Waals surface area contributed by atoms with Crippen molar-refractivity contribution in [2.24, 2.45) is 12.0 Å². The molecule has 36 nitrogen and oxygen atoms in total. The maximum Gasteiger partial charge on any atom is 0.278 e. The molecular weight excluding hydrogens is 1910 g/mol. The molecule has 21 rings (SSSR count). The summed E-state index contributed by atoms with van der Waals surface area (Å²) in [5, 5.41) is 69.9. The molecule has 0 aliphatic carbocycles. The number of aryl methyl sites for hydroxylation is 5. The molecule has 744 valence electrons. The van der Waals surface area contributed by atoms with Gasteiger partial charge in [0.15, 0.2) is 61.6 Å². The Bertz CT molecular complexity index is 8730. The van der Waals surface area contributed by atoms with Crippen molar-refractivity contribution in [3.8, 4) is 121 Å². The zero-order chi connectivity index (χ0) is 107. The molecule has 1 N–H and O–H groups in total. The van der Waals surface area contributed by atoms with E-state index in [-0.39, 0.29) is 74.8 Å². The third-order valence-electron chi connectivity index (χ3n) is 23.8. The second kappa shape index (κ2) is 42.0. The molecule has 0 fully saturated rings. The predicted molar refractivity (Wildman–Crippen MR) is 535 cm³/mol. The zero-order valence-corrected chi connectivity index (χ0v) is 82.7. The molecule has 1 aliphatic heterocycles. The number of halogens is 5. The quantitative estimate of drug-likeness (QED) is 0.0515. The summed E-state index contributed by atoms with van der Waals surface area (Å²) in [4.78, 5) is 39.8. The van der Waals surface area contributed by atoms with Gasteiger partial charge in [-0.05, 0) is 184 Å². The Balaban J connectivity index is 0.000000128. The summed E-state index contributed by atoms with van der Waals surface area (Å²) in [5.74, 6) is 4.04. The van der Waals surface area contributed by atoms with Gasteiger partial charge < -0.3 is 28.4 Å². The third-order valence-corrected chi connectivity index (χ3v) is 25.5. The lowest BCUT2D eigenvalue weighted by Gasteiger charge is -2.21. The summed E-state index contributed by atoms with van der Waals surface area (Å²) in [6.45, 7) is 21.6. The van der Waals surface area contributed by atoms with Crippen molar-refractivity contribution >= 4 is 43.8 Å². The van der Waals surface area contributed by atoms with Crippen LogP contribution in [0.1, 0.15) is 155 Å². The van der Waals surface area contributed by atoms with Gasteiger partial charge in [0.05, 0.1) is 101 Å². The van der Waals surface area contributed by atoms with Crippen molar-refractivity contribution in [2.75, 3.05) is 12.9 Å². The van der Waals surface area contributed by atoms with Crippen molar-refractivity contribution in [3.05, 3.63) is 311 Å². The fraction of sp³-hybridized carbons (Fsp3) is 0.238. The van der Waals surface area contributed by atoms with Crippen LogP contribution in [0.3, 0.4) is 0 Å². The maximum absolute atomic E-state index is 14.8. The number of aliphatic imine (C=N–C) groups is 1. The maximum atomic E-state index is 14.8. The first-order chi connectivity index (χ1) is 71.8. The minimum Gasteiger partial charge on any atom is -0.496 e. The molecule has 0 amide bonds. The molecule has 0 bridgehead atoms. The molecule has 0 saturated heterocycles. The van der Waals surface area contributed by atoms with Crippen molar-refractivity contribution in [3.63, 3.8) is 0 Å². The molecule has 1 aliphatic rings. The molecule has 42 heteroatoms. The van der Waals surface area contributed by atoms with Crippen LogP contribution >= 0.6 is 0 Å². The van der Waals surface area contributed by atoms with Crippen LogP contribution in [0.5, 0.6) is 17.5 Å². The summed E-state index contributed by atoms with van der Waals surface area (Å²) in [6, 6.07) is 45.1. The first kappa shape index (κ1) is 96.7. The minimum absolute atomic E-state index is 0.0234. The molecule has 0 saturated carbocycles. The van der Waals surface area contributed by atoms with Crippen LogP contribution in [0, 0.1) is 59.7 Å². The Morgan fingerprint density at radius 3 is 1.97 bits per heavy atom. The van der Waals surface area contributed by atoms with E-state index in [1.807, 2.05) is 85.4 Å². The molecule has 147 heavy (non-hydrogen) atoms. The molecule has 20 aromatic rings. The summed E-state index contributed by atoms with van der Waals surface area (Å²) in [5.41, 5.74) is 11.5. The monoisotopic (exact) mass is 2000 g/mol. The number of aliphatic hydroxyl groups is 1. The number of methoxy groups -OCH3 is 1. The van der Waals surface area contributed by atoms with Crippen molar-refractivity contribution in [2.45, 2.75) is 151 Å². The average molecular weight is 2010 g/mol. The Kier molecular flexibility index (Phi) is 27.6. The van der Waals surface area contributed by atoms with Crippen molar-refractivity contribution in [1.82, 2.24) is 133 Å². The number of pyridine rings is 1. The molecule has 0 unspecified atom stereocenters. The fourth-order valence-corrected chi connectivity index (χ4v) is 16.8. The number of sulfone groups is 1. The van der Waals surface area contributed by atoms with Gasteiger partial charge in [0.1, 0.15) is 78.1 Å². The van der Waals surface area contributed by atoms with Crippen molar-refractivity contribution < 1.29 is 58.3 Å². The lowest BCUT2D eigenvalue weighted by atomic mass is 9.88. The summed E-state index contributed by atoms with van der Waals surface area (Å²) < 4.78 is 155. The number of hydrogen-bond acceptors (Lipinski definition) is 29. The number of nitriles is 1. The second-order valence-corrected chi connectivity index (χ2v) is 37.8. The van der Waals surface area contributed by atoms with E-state index in [2.05, 4.69) is 128 Å². The van der Waals surface area contributed by atoms with Crippen LogP contribution in [0.15, 0.2) is 228 Å². The molecule has 0 atom stereocenters. The highest BCUT2D eigenvalue weighted by molar-refractivity contribution is 7.91. The van der Waals surface area contributed by atoms with Gasteiger partial charge in [-0.2, -0.15) is 44.2 Å². The largest absolute Gasteiger partial charge is 0.496 e. The topological polar surface area (TPSA) is 422 Å². The zero-order valence-electron chi connectivity index (χ0n) is 84.9. The second-order valence-electron chi connectivity index (χ2n) is 35.5. The summed E-state index contributed by atoms with van der Waals surface area (Å²) >= 11 is 0. The fourth-order valence-electron chi connectivity index (χ4n) is 15.9. The van der Waals surface area contributed by atoms with Gasteiger partial charge in [0.25, 0.3) is 11.7 Å². The first-order valence-corrected chi connectivity index (χ1v) is 47.8. The SMILES string of the molecule is C#Cc1ccc2c(c1)C(c1ccccn1)=NCc1c(-c3nc(CC)no3)ncn1-2.CC(C)(O)c1cnn2c(-c3ccc(F)c(-c4c(F)cccc4C#N)c3)cnc2n1.CCn1cnc2c(-c3ccc(F)c(-c4ccc(S(=O)(=O)CC)cc4OC)c3)cnnc21.CCn1ncnc1COc1nn2c(-c3ccccc3F)nnc2cc1C(C)(C)C.[2H]C([2H])([2H])C(C)(C)c1cc2nnc(-c3cc(F)ccc3C)n2nc1OCc1ncnn1C. The highest BCUT2D eigenvalue weighted by atomic mass is 32.2. The number of imidazole rings is 3. The van der Waals surface area contributed by atoms with Gasteiger partial charge in [-0.3, -0.25) is 19.2 Å². The molecule has 0 radical (unpaired) electrons. The van der Waals surface area contributed by atoms with Crippen LogP contribution in [0.4, 0.5) is 22.0 Å². The third kappa shape index (κ3) is 21.1. The number of aromatic nitrogens is 27. The van der Waals surface area contributed by atoms with E-state index in [1.54, 1.807) is 125 Å². The standard InChI is InChI=1S/C22H21FN4O3S.C22H16N6O.C21H15F2N5O.2C20H22FN7O/c1-4-27-13-24-21-18(12-25-26-22(21)27)14-6-9-19(23)17(10-14)16-8-7-15(11-20(16)30-3)31(28,29)5-2;1-3-14-8-9-17-15(11-14)20(16-7-5-6-10-23-16)24-12-18-21(25-13-28(17)18)22-26-19(4-2)27-29-22;1-21(2,29)18-11-26-28-17(10-25-20(28)27-18)12-6-7-15(22)14(8-12)19-13(9-24)4-3-5-16(19)23;1-12-6-7-13(21)8-14(12)18-25-24-16-9-15(20(2,3)4)19(26-28(16)18)29-10-17-22-11-23-27(17)5;1-5-27-17(22-12-23-27)11-29-19-14(20(2,3)4)10-16-24-25-18(28(16)26-19)13-8-6-7-9-15(13)21/h6-13H,4-5H2,1-3H3;1,5-11,13H,4,12H2,2H3;3-8,10-11,29H,1-2H3;6-9,11H,10H2,1-5H3;6-10,12H,5,11H2,1-4H3/i;;;2D3;. The predicted octanol–water partition coefficient (Wildman–Crippen LogP) is 17.8. The van der Waals surface area contributed by atoms with Gasteiger partial charge >= 0.3 is 0 Å². The van der Waals surface area contributed by atoms with Gasteiger partial charge in [-0.15, -0.1) is 42.1 Å². The van der Waals surface area contributed by atoms with Gasteiger partial charge in [-0.1, -0.05) is 103 Å². The van der Waals surface area contributed by atoms with Crippen molar-refractivity contribution in [1.29, 1.82) is 5.26 Å². The van der Waals surface area contributed by atoms with E-state index in [4.69, 9.17) is 34.3 Å². The Morgan fingerprint density at radius 1 is 0.612 bits per heavy atom. The van der Waals surface area contributed by atoms with E-state index in [0.29, 0.717) is 140 Å². The first-order valence-electron chi connectivity index (χ1n) is 47.6. The molecule has 7 aromatic carbocycles. The summed E-state index contributed by atoms with van der Waals surface area (Å²) in [7, 11) is -0.265. The molecule has 14 heterocycles. The van der Waals surface area contributed by atoms with Crippen LogP contribution in [-0.2, 0) is 72.6 Å². The average Bonchev–Trinajstić information content (AvgIpc) is 1.68. The number of nitrogens with zero attached hydrogens (tertiary/aromatic N) is 29. The molecular formula is C105H96F5N29O7S. The van der Waals surface area contributed by atoms with E-state index < -0.39 is 51.0 Å². The van der Waals surface area contributed by atoms with E-state index in [9.17, 15) is 40.7 Å². The Labute approximate surface area is 843 Å². The van der Waals surface area contributed by atoms with Crippen LogP contribution in [0.25, 0.3) is 113 Å². The van der Waals surface area contributed by atoms with E-state index in [0.717, 1.165) is 50.6 Å².